The van der Waals surface area contributed by atoms with Crippen LogP contribution in [-0.2, 0) is 5.60 Å². The van der Waals surface area contributed by atoms with E-state index in [1.54, 1.807) is 0 Å². The van der Waals surface area contributed by atoms with Crippen molar-refractivity contribution in [2.24, 2.45) is 0 Å². The third-order valence-electron chi connectivity index (χ3n) is 1.98. The number of halogens is 3. The fourth-order valence-electron chi connectivity index (χ4n) is 1.20. The zero-order chi connectivity index (χ0) is 11.8. The third kappa shape index (κ3) is 2.07. The molecule has 0 aliphatic carbocycles. The average molecular weight is 220 g/mol. The highest BCUT2D eigenvalue weighted by atomic mass is 19.2. The molecular formula is C10H11F3O2. The van der Waals surface area contributed by atoms with Crippen LogP contribution < -0.4 is 4.74 Å². The van der Waals surface area contributed by atoms with E-state index in [9.17, 15) is 18.3 Å². The molecule has 0 atom stereocenters. The third-order valence-corrected chi connectivity index (χ3v) is 1.98. The molecule has 0 unspecified atom stereocenters. The Morgan fingerprint density at radius 3 is 2.13 bits per heavy atom. The molecular weight excluding hydrogens is 209 g/mol. The van der Waals surface area contributed by atoms with Crippen molar-refractivity contribution in [1.82, 2.24) is 0 Å². The molecule has 0 amide bonds. The first-order chi connectivity index (χ1) is 6.79. The Bertz CT molecular complexity index is 383. The van der Waals surface area contributed by atoms with E-state index in [1.165, 1.54) is 13.8 Å². The molecule has 1 N–H and O–H groups in total. The van der Waals surface area contributed by atoms with Crippen molar-refractivity contribution >= 4 is 0 Å². The Kier molecular flexibility index (Phi) is 2.95. The Balaban J connectivity index is 3.51. The molecule has 0 heterocycles. The molecule has 0 saturated carbocycles. The lowest BCUT2D eigenvalue weighted by Gasteiger charge is -2.20. The summed E-state index contributed by atoms with van der Waals surface area (Å²) in [5.74, 6) is -4.58. The maximum atomic E-state index is 13.5. The highest BCUT2D eigenvalue weighted by Gasteiger charge is 2.27. The number of rotatable bonds is 2. The topological polar surface area (TPSA) is 29.5 Å². The smallest absolute Gasteiger partial charge is 0.203 e. The molecule has 84 valence electrons. The maximum absolute atomic E-state index is 13.5. The second kappa shape index (κ2) is 3.73. The van der Waals surface area contributed by atoms with Crippen molar-refractivity contribution in [2.45, 2.75) is 19.4 Å². The zero-order valence-corrected chi connectivity index (χ0v) is 8.57. The van der Waals surface area contributed by atoms with Crippen LogP contribution in [-0.4, -0.2) is 12.2 Å². The predicted octanol–water partition coefficient (Wildman–Crippen LogP) is 2.34. The largest absolute Gasteiger partial charge is 0.491 e. The molecule has 0 aliphatic heterocycles. The number of hydrogen-bond acceptors (Lipinski definition) is 2. The summed E-state index contributed by atoms with van der Waals surface area (Å²) in [6.07, 6.45) is 0. The highest BCUT2D eigenvalue weighted by molar-refractivity contribution is 5.36. The number of methoxy groups -OCH3 is 1. The van der Waals surface area contributed by atoms with Crippen LogP contribution >= 0.6 is 0 Å². The van der Waals surface area contributed by atoms with Gasteiger partial charge >= 0.3 is 0 Å². The van der Waals surface area contributed by atoms with Gasteiger partial charge in [0.1, 0.15) is 0 Å². The van der Waals surface area contributed by atoms with Crippen LogP contribution in [0.25, 0.3) is 0 Å². The minimum Gasteiger partial charge on any atom is -0.491 e. The Morgan fingerprint density at radius 2 is 1.73 bits per heavy atom. The van der Waals surface area contributed by atoms with Gasteiger partial charge < -0.3 is 9.84 Å². The quantitative estimate of drug-likeness (QED) is 0.775. The van der Waals surface area contributed by atoms with Gasteiger partial charge in [-0.25, -0.2) is 8.78 Å². The van der Waals surface area contributed by atoms with E-state index in [4.69, 9.17) is 0 Å². The molecule has 0 radical (unpaired) electrons. The second-order valence-corrected chi connectivity index (χ2v) is 3.63. The van der Waals surface area contributed by atoms with E-state index in [0.29, 0.717) is 6.07 Å². The van der Waals surface area contributed by atoms with Gasteiger partial charge in [0, 0.05) is 5.56 Å². The summed E-state index contributed by atoms with van der Waals surface area (Å²) in [5, 5.41) is 9.52. The predicted molar refractivity (Wildman–Crippen MR) is 48.1 cm³/mol. The van der Waals surface area contributed by atoms with E-state index in [-0.39, 0.29) is 5.56 Å². The van der Waals surface area contributed by atoms with Crippen molar-refractivity contribution in [1.29, 1.82) is 0 Å². The van der Waals surface area contributed by atoms with Gasteiger partial charge in [-0.05, 0) is 19.9 Å². The normalized spacial score (nSPS) is 11.7. The maximum Gasteiger partial charge on any atom is 0.203 e. The molecule has 5 heteroatoms. The fourth-order valence-corrected chi connectivity index (χ4v) is 1.20. The van der Waals surface area contributed by atoms with Crippen LogP contribution in [0.4, 0.5) is 13.2 Å². The van der Waals surface area contributed by atoms with Crippen LogP contribution in [0.1, 0.15) is 19.4 Å². The Labute approximate surface area is 85.3 Å². The molecule has 0 spiro atoms. The Hall–Kier alpha value is -1.23. The summed E-state index contributed by atoms with van der Waals surface area (Å²) >= 11 is 0. The number of benzene rings is 1. The van der Waals surface area contributed by atoms with Gasteiger partial charge in [0.05, 0.1) is 12.7 Å². The first-order valence-electron chi connectivity index (χ1n) is 4.23. The first-order valence-corrected chi connectivity index (χ1v) is 4.23. The second-order valence-electron chi connectivity index (χ2n) is 3.63. The monoisotopic (exact) mass is 220 g/mol. The summed E-state index contributed by atoms with van der Waals surface area (Å²) in [6, 6.07) is 0.618. The molecule has 15 heavy (non-hydrogen) atoms. The molecule has 0 aromatic heterocycles. The first kappa shape index (κ1) is 11.8. The number of hydrogen-bond donors (Lipinski definition) is 1. The van der Waals surface area contributed by atoms with Crippen molar-refractivity contribution in [2.75, 3.05) is 7.11 Å². The number of ether oxygens (including phenoxy) is 1. The van der Waals surface area contributed by atoms with E-state index in [2.05, 4.69) is 4.74 Å². The molecule has 1 rings (SSSR count). The molecule has 0 fully saturated rings. The lowest BCUT2D eigenvalue weighted by molar-refractivity contribution is 0.0731. The zero-order valence-electron chi connectivity index (χ0n) is 8.57. The highest BCUT2D eigenvalue weighted by Crippen LogP contribution is 2.32. The summed E-state index contributed by atoms with van der Waals surface area (Å²) in [4.78, 5) is 0. The van der Waals surface area contributed by atoms with Crippen molar-refractivity contribution in [3.63, 3.8) is 0 Å². The lowest BCUT2D eigenvalue weighted by Crippen LogP contribution is -2.19. The van der Waals surface area contributed by atoms with Crippen LogP contribution in [0.2, 0.25) is 0 Å². The van der Waals surface area contributed by atoms with Gasteiger partial charge in [0.25, 0.3) is 0 Å². The van der Waals surface area contributed by atoms with E-state index >= 15 is 0 Å². The van der Waals surface area contributed by atoms with E-state index in [0.717, 1.165) is 7.11 Å². The van der Waals surface area contributed by atoms with Gasteiger partial charge in [0.15, 0.2) is 17.4 Å². The summed E-state index contributed by atoms with van der Waals surface area (Å²) in [5.41, 5.74) is -1.95. The van der Waals surface area contributed by atoms with E-state index in [1.807, 2.05) is 0 Å². The Morgan fingerprint density at radius 1 is 1.20 bits per heavy atom. The lowest BCUT2D eigenvalue weighted by atomic mass is 9.97. The van der Waals surface area contributed by atoms with Crippen LogP contribution in [0, 0.1) is 17.5 Å². The number of aliphatic hydroxyl groups is 1. The molecule has 2 nitrogen and oxygen atoms in total. The molecule has 0 saturated heterocycles. The SMILES string of the molecule is COc1c(F)c(F)cc(C(C)(C)O)c1F. The van der Waals surface area contributed by atoms with Crippen molar-refractivity contribution in [3.05, 3.63) is 29.1 Å². The van der Waals surface area contributed by atoms with Gasteiger partial charge in [0.2, 0.25) is 5.82 Å². The standard InChI is InChI=1S/C10H11F3O2/c1-10(2,14)5-4-6(11)8(13)9(15-3)7(5)12/h4,14H,1-3H3. The van der Waals surface area contributed by atoms with Crippen LogP contribution in [0.3, 0.4) is 0 Å². The summed E-state index contributed by atoms with van der Waals surface area (Å²) < 4.78 is 43.9. The molecule has 0 bridgehead atoms. The molecule has 1 aromatic rings. The van der Waals surface area contributed by atoms with Crippen molar-refractivity contribution < 1.29 is 23.0 Å². The van der Waals surface area contributed by atoms with E-state index < -0.39 is 28.8 Å². The van der Waals surface area contributed by atoms with Gasteiger partial charge in [-0.1, -0.05) is 0 Å². The van der Waals surface area contributed by atoms with Crippen LogP contribution in [0.5, 0.6) is 5.75 Å². The molecule has 1 aromatic carbocycles. The van der Waals surface area contributed by atoms with Gasteiger partial charge in [-0.3, -0.25) is 0 Å². The minimum atomic E-state index is -1.61. The molecule has 0 aliphatic rings. The van der Waals surface area contributed by atoms with Gasteiger partial charge in [-0.15, -0.1) is 0 Å². The van der Waals surface area contributed by atoms with Crippen molar-refractivity contribution in [3.8, 4) is 5.75 Å². The average Bonchev–Trinajstić information content (AvgIpc) is 2.10. The summed E-state index contributed by atoms with van der Waals surface area (Å²) in [6.45, 7) is 2.53. The summed E-state index contributed by atoms with van der Waals surface area (Å²) in [7, 11) is 1.02. The van der Waals surface area contributed by atoms with Gasteiger partial charge in [-0.2, -0.15) is 4.39 Å². The minimum absolute atomic E-state index is 0.349. The fraction of sp³-hybridized carbons (Fsp3) is 0.400. The van der Waals surface area contributed by atoms with Crippen LogP contribution in [0.15, 0.2) is 6.07 Å².